The third-order valence-electron chi connectivity index (χ3n) is 5.36. The van der Waals surface area contributed by atoms with Crippen molar-refractivity contribution in [3.63, 3.8) is 0 Å². The zero-order valence-corrected chi connectivity index (χ0v) is 15.7. The standard InChI is InChI=1S/C18H24ClNO4S/c19-17-11-15-13(10-16(17)12-4-2-1-3-5-12)6-7-14(15)18(21)20-8-9-25(22,23)24/h10-12,14H,1-9H2,(H,20,21)(H,22,23,24). The molecule has 1 aromatic rings. The van der Waals surface area contributed by atoms with Crippen LogP contribution in [0.5, 0.6) is 0 Å². The summed E-state index contributed by atoms with van der Waals surface area (Å²) in [7, 11) is -4.06. The maximum atomic E-state index is 12.4. The Morgan fingerprint density at radius 1 is 1.16 bits per heavy atom. The summed E-state index contributed by atoms with van der Waals surface area (Å²) in [5, 5.41) is 3.34. The van der Waals surface area contributed by atoms with E-state index in [1.165, 1.54) is 43.2 Å². The van der Waals surface area contributed by atoms with Crippen LogP contribution in [0.15, 0.2) is 12.1 Å². The normalized spacial score (nSPS) is 21.1. The van der Waals surface area contributed by atoms with E-state index in [0.717, 1.165) is 17.0 Å². The average Bonchev–Trinajstić information content (AvgIpc) is 2.96. The molecule has 3 rings (SSSR count). The van der Waals surface area contributed by atoms with Gasteiger partial charge < -0.3 is 5.32 Å². The van der Waals surface area contributed by atoms with Crippen LogP contribution in [0.3, 0.4) is 0 Å². The molecule has 5 nitrogen and oxygen atoms in total. The van der Waals surface area contributed by atoms with Crippen LogP contribution >= 0.6 is 11.6 Å². The molecule has 2 aliphatic rings. The molecule has 2 aliphatic carbocycles. The van der Waals surface area contributed by atoms with Crippen LogP contribution < -0.4 is 5.32 Å². The Morgan fingerprint density at radius 3 is 2.56 bits per heavy atom. The van der Waals surface area contributed by atoms with Crippen molar-refractivity contribution in [2.75, 3.05) is 12.3 Å². The molecule has 0 radical (unpaired) electrons. The number of carbonyl (C=O) groups is 1. The Labute approximate surface area is 153 Å². The zero-order chi connectivity index (χ0) is 18.0. The van der Waals surface area contributed by atoms with Crippen LogP contribution in [-0.4, -0.2) is 31.2 Å². The molecule has 2 N–H and O–H groups in total. The van der Waals surface area contributed by atoms with E-state index in [-0.39, 0.29) is 18.4 Å². The highest BCUT2D eigenvalue weighted by Gasteiger charge is 2.30. The predicted octanol–water partition coefficient (Wildman–Crippen LogP) is 3.42. The Morgan fingerprint density at radius 2 is 1.88 bits per heavy atom. The topological polar surface area (TPSA) is 83.5 Å². The number of carbonyl (C=O) groups excluding carboxylic acids is 1. The summed E-state index contributed by atoms with van der Waals surface area (Å²) >= 11 is 6.53. The van der Waals surface area contributed by atoms with E-state index in [4.69, 9.17) is 16.2 Å². The number of nitrogens with one attached hydrogen (secondary N) is 1. The van der Waals surface area contributed by atoms with Gasteiger partial charge in [-0.2, -0.15) is 8.42 Å². The van der Waals surface area contributed by atoms with Crippen LogP contribution in [0.1, 0.15) is 67.1 Å². The zero-order valence-electron chi connectivity index (χ0n) is 14.1. The first kappa shape index (κ1) is 18.7. The quantitative estimate of drug-likeness (QED) is 0.760. The van der Waals surface area contributed by atoms with Crippen LogP contribution in [0.25, 0.3) is 0 Å². The van der Waals surface area contributed by atoms with Crippen molar-refractivity contribution >= 4 is 27.6 Å². The highest BCUT2D eigenvalue weighted by atomic mass is 35.5. The Hall–Kier alpha value is -1.11. The largest absolute Gasteiger partial charge is 0.354 e. The number of aryl methyl sites for hydroxylation is 1. The second-order valence-electron chi connectivity index (χ2n) is 7.08. The monoisotopic (exact) mass is 385 g/mol. The molecule has 0 heterocycles. The van der Waals surface area contributed by atoms with Crippen molar-refractivity contribution in [1.29, 1.82) is 0 Å². The van der Waals surface area contributed by atoms with Crippen molar-refractivity contribution in [2.24, 2.45) is 0 Å². The maximum absolute atomic E-state index is 12.4. The van der Waals surface area contributed by atoms with Gasteiger partial charge >= 0.3 is 0 Å². The molecular formula is C18H24ClNO4S. The third-order valence-corrected chi connectivity index (χ3v) is 6.40. The van der Waals surface area contributed by atoms with Gasteiger partial charge in [0.1, 0.15) is 0 Å². The molecule has 1 aromatic carbocycles. The van der Waals surface area contributed by atoms with E-state index in [2.05, 4.69) is 11.4 Å². The van der Waals surface area contributed by atoms with Crippen LogP contribution in [0.4, 0.5) is 0 Å². The summed E-state index contributed by atoms with van der Waals surface area (Å²) in [5.41, 5.74) is 3.35. The first-order valence-electron chi connectivity index (χ1n) is 8.90. The minimum absolute atomic E-state index is 0.0859. The van der Waals surface area contributed by atoms with E-state index in [1.54, 1.807) is 0 Å². The van der Waals surface area contributed by atoms with Crippen molar-refractivity contribution in [2.45, 2.75) is 56.8 Å². The number of hydrogen-bond acceptors (Lipinski definition) is 3. The van der Waals surface area contributed by atoms with E-state index in [1.807, 2.05) is 6.07 Å². The number of amides is 1. The summed E-state index contributed by atoms with van der Waals surface area (Å²) < 4.78 is 30.3. The van der Waals surface area contributed by atoms with Gasteiger partial charge in [-0.3, -0.25) is 9.35 Å². The molecule has 0 saturated heterocycles. The number of fused-ring (bicyclic) bond motifs is 1. The van der Waals surface area contributed by atoms with Gasteiger partial charge in [-0.15, -0.1) is 0 Å². The smallest absolute Gasteiger partial charge is 0.266 e. The molecule has 0 aromatic heterocycles. The molecule has 1 unspecified atom stereocenters. The summed E-state index contributed by atoms with van der Waals surface area (Å²) in [5.74, 6) is -0.452. The van der Waals surface area contributed by atoms with E-state index in [9.17, 15) is 13.2 Å². The summed E-state index contributed by atoms with van der Waals surface area (Å²) in [6, 6.07) is 4.11. The van der Waals surface area contributed by atoms with Crippen molar-refractivity contribution < 1.29 is 17.8 Å². The van der Waals surface area contributed by atoms with Gasteiger partial charge in [0, 0.05) is 11.6 Å². The first-order chi connectivity index (χ1) is 11.8. The van der Waals surface area contributed by atoms with Gasteiger partial charge in [-0.1, -0.05) is 36.9 Å². The fourth-order valence-corrected chi connectivity index (χ4v) is 4.76. The predicted molar refractivity (Wildman–Crippen MR) is 97.8 cm³/mol. The second-order valence-corrected chi connectivity index (χ2v) is 9.06. The van der Waals surface area contributed by atoms with Crippen LogP contribution in [-0.2, 0) is 21.3 Å². The molecule has 0 spiro atoms. The number of rotatable bonds is 5. The molecule has 1 saturated carbocycles. The number of hydrogen-bond donors (Lipinski definition) is 2. The molecule has 1 amide bonds. The first-order valence-corrected chi connectivity index (χ1v) is 10.9. The average molecular weight is 386 g/mol. The lowest BCUT2D eigenvalue weighted by Crippen LogP contribution is -2.32. The van der Waals surface area contributed by atoms with E-state index >= 15 is 0 Å². The van der Waals surface area contributed by atoms with Crippen LogP contribution in [0, 0.1) is 0 Å². The van der Waals surface area contributed by atoms with Gasteiger partial charge in [-0.05, 0) is 54.4 Å². The van der Waals surface area contributed by atoms with E-state index in [0.29, 0.717) is 12.3 Å². The van der Waals surface area contributed by atoms with E-state index < -0.39 is 15.9 Å². The molecular weight excluding hydrogens is 362 g/mol. The fourth-order valence-electron chi connectivity index (χ4n) is 4.07. The molecule has 0 aliphatic heterocycles. The van der Waals surface area contributed by atoms with Gasteiger partial charge in [0.2, 0.25) is 5.91 Å². The van der Waals surface area contributed by atoms with Crippen molar-refractivity contribution in [1.82, 2.24) is 5.32 Å². The minimum Gasteiger partial charge on any atom is -0.354 e. The molecule has 1 atom stereocenters. The Kier molecular flexibility index (Phi) is 5.71. The maximum Gasteiger partial charge on any atom is 0.266 e. The molecule has 7 heteroatoms. The number of benzene rings is 1. The SMILES string of the molecule is O=C(NCCS(=O)(=O)O)C1CCc2cc(C3CCCCC3)c(Cl)cc21. The highest BCUT2D eigenvalue weighted by Crippen LogP contribution is 2.42. The third kappa shape index (κ3) is 4.54. The van der Waals surface area contributed by atoms with Crippen molar-refractivity contribution in [3.8, 4) is 0 Å². The lowest BCUT2D eigenvalue weighted by atomic mass is 9.83. The summed E-state index contributed by atoms with van der Waals surface area (Å²) in [6.07, 6.45) is 7.69. The molecule has 138 valence electrons. The van der Waals surface area contributed by atoms with Gasteiger partial charge in [-0.25, -0.2) is 0 Å². The molecule has 0 bridgehead atoms. The van der Waals surface area contributed by atoms with Gasteiger partial charge in [0.25, 0.3) is 10.1 Å². The second kappa shape index (κ2) is 7.64. The summed E-state index contributed by atoms with van der Waals surface area (Å²) in [6.45, 7) is -0.0859. The number of halogens is 1. The van der Waals surface area contributed by atoms with Gasteiger partial charge in [0.15, 0.2) is 0 Å². The van der Waals surface area contributed by atoms with Crippen molar-refractivity contribution in [3.05, 3.63) is 33.8 Å². The Bertz CT molecular complexity index is 757. The minimum atomic E-state index is -4.06. The lowest BCUT2D eigenvalue weighted by molar-refractivity contribution is -0.122. The molecule has 25 heavy (non-hydrogen) atoms. The fraction of sp³-hybridized carbons (Fsp3) is 0.611. The highest BCUT2D eigenvalue weighted by molar-refractivity contribution is 7.85. The molecule has 1 fully saturated rings. The lowest BCUT2D eigenvalue weighted by Gasteiger charge is -2.24. The van der Waals surface area contributed by atoms with Gasteiger partial charge in [0.05, 0.1) is 11.7 Å². The summed E-state index contributed by atoms with van der Waals surface area (Å²) in [4.78, 5) is 12.4. The Balaban J connectivity index is 1.72. The van der Waals surface area contributed by atoms with Crippen LogP contribution in [0.2, 0.25) is 5.02 Å².